The summed E-state index contributed by atoms with van der Waals surface area (Å²) in [6, 6.07) is 13.6. The van der Waals surface area contributed by atoms with E-state index in [2.05, 4.69) is 29.0 Å². The van der Waals surface area contributed by atoms with E-state index in [1.807, 2.05) is 24.3 Å². The van der Waals surface area contributed by atoms with Gasteiger partial charge >= 0.3 is 0 Å². The summed E-state index contributed by atoms with van der Waals surface area (Å²) in [4.78, 5) is 7.80. The molecule has 0 amide bonds. The Hall–Kier alpha value is -2.00. The maximum atomic E-state index is 5.92. The lowest BCUT2D eigenvalue weighted by Gasteiger charge is -2.03. The Bertz CT molecular complexity index is 736. The lowest BCUT2D eigenvalue weighted by molar-refractivity contribution is 0.297. The summed E-state index contributed by atoms with van der Waals surface area (Å²) < 4.78 is 5.68. The van der Waals surface area contributed by atoms with Gasteiger partial charge in [-0.2, -0.15) is 0 Å². The fourth-order valence-electron chi connectivity index (χ4n) is 2.11. The first kappa shape index (κ1) is 13.0. The van der Waals surface area contributed by atoms with Crippen LogP contribution in [0.25, 0.3) is 11.0 Å². The topological polar surface area (TPSA) is 37.9 Å². The third kappa shape index (κ3) is 2.78. The predicted molar refractivity (Wildman–Crippen MR) is 81.3 cm³/mol. The lowest BCUT2D eigenvalue weighted by atomic mass is 10.1. The fourth-order valence-corrected chi connectivity index (χ4v) is 2.29. The van der Waals surface area contributed by atoms with Crippen LogP contribution in [0.5, 0.6) is 5.75 Å². The molecule has 2 aromatic carbocycles. The smallest absolute Gasteiger partial charge is 0.146 e. The van der Waals surface area contributed by atoms with Gasteiger partial charge < -0.3 is 9.72 Å². The third-order valence-electron chi connectivity index (χ3n) is 3.18. The third-order valence-corrected chi connectivity index (χ3v) is 3.41. The molecule has 0 bridgehead atoms. The maximum absolute atomic E-state index is 5.92. The summed E-state index contributed by atoms with van der Waals surface area (Å²) in [7, 11) is 0. The van der Waals surface area contributed by atoms with Crippen LogP contribution in [-0.2, 0) is 13.0 Å². The lowest BCUT2D eigenvalue weighted by Crippen LogP contribution is -1.97. The van der Waals surface area contributed by atoms with Gasteiger partial charge in [0.25, 0.3) is 0 Å². The molecule has 0 aliphatic rings. The molecule has 3 rings (SSSR count). The zero-order valence-corrected chi connectivity index (χ0v) is 11.9. The Morgan fingerprint density at radius 2 is 2.10 bits per heavy atom. The summed E-state index contributed by atoms with van der Waals surface area (Å²) in [6.07, 6.45) is 1.02. The van der Waals surface area contributed by atoms with Gasteiger partial charge in [-0.3, -0.25) is 0 Å². The molecule has 1 N–H and O–H groups in total. The molecule has 4 heteroatoms. The van der Waals surface area contributed by atoms with E-state index < -0.39 is 0 Å². The Labute approximate surface area is 122 Å². The molecule has 0 spiro atoms. The number of nitrogens with one attached hydrogen (secondary N) is 1. The van der Waals surface area contributed by atoms with Crippen LogP contribution in [0.15, 0.2) is 42.5 Å². The summed E-state index contributed by atoms with van der Waals surface area (Å²) in [5, 5.41) is 0.666. The Morgan fingerprint density at radius 3 is 2.90 bits per heavy atom. The van der Waals surface area contributed by atoms with E-state index >= 15 is 0 Å². The maximum Gasteiger partial charge on any atom is 0.146 e. The van der Waals surface area contributed by atoms with Crippen molar-refractivity contribution >= 4 is 22.6 Å². The number of aryl methyl sites for hydroxylation is 1. The molecule has 0 unspecified atom stereocenters. The number of aromatic nitrogens is 2. The van der Waals surface area contributed by atoms with Crippen LogP contribution in [-0.4, -0.2) is 9.97 Å². The van der Waals surface area contributed by atoms with Crippen molar-refractivity contribution in [3.8, 4) is 5.75 Å². The second-order valence-corrected chi connectivity index (χ2v) is 5.07. The number of H-pyrrole nitrogens is 1. The highest BCUT2D eigenvalue weighted by molar-refractivity contribution is 6.30. The van der Waals surface area contributed by atoms with Gasteiger partial charge in [0, 0.05) is 5.02 Å². The van der Waals surface area contributed by atoms with E-state index in [4.69, 9.17) is 16.3 Å². The first-order chi connectivity index (χ1) is 9.74. The zero-order valence-electron chi connectivity index (χ0n) is 11.2. The van der Waals surface area contributed by atoms with Crippen molar-refractivity contribution < 1.29 is 4.74 Å². The zero-order chi connectivity index (χ0) is 13.9. The molecule has 0 atom stereocenters. The van der Waals surface area contributed by atoms with E-state index in [9.17, 15) is 0 Å². The number of fused-ring (bicyclic) bond motifs is 1. The van der Waals surface area contributed by atoms with Crippen molar-refractivity contribution in [2.45, 2.75) is 20.0 Å². The molecular weight excluding hydrogens is 272 g/mol. The van der Waals surface area contributed by atoms with Crippen molar-refractivity contribution in [2.24, 2.45) is 0 Å². The van der Waals surface area contributed by atoms with Gasteiger partial charge in [0.1, 0.15) is 18.2 Å². The number of hydrogen-bond acceptors (Lipinski definition) is 2. The molecule has 3 aromatic rings. The van der Waals surface area contributed by atoms with Crippen molar-refractivity contribution in [3.63, 3.8) is 0 Å². The van der Waals surface area contributed by atoms with E-state index in [0.29, 0.717) is 11.6 Å². The van der Waals surface area contributed by atoms with Crippen LogP contribution in [0.4, 0.5) is 0 Å². The van der Waals surface area contributed by atoms with Gasteiger partial charge in [-0.1, -0.05) is 30.7 Å². The van der Waals surface area contributed by atoms with E-state index in [-0.39, 0.29) is 0 Å². The highest BCUT2D eigenvalue weighted by Crippen LogP contribution is 2.19. The average molecular weight is 287 g/mol. The Kier molecular flexibility index (Phi) is 3.61. The van der Waals surface area contributed by atoms with Crippen LogP contribution in [0.1, 0.15) is 18.3 Å². The van der Waals surface area contributed by atoms with Gasteiger partial charge in [-0.25, -0.2) is 4.98 Å². The van der Waals surface area contributed by atoms with Gasteiger partial charge in [-0.05, 0) is 42.3 Å². The summed E-state index contributed by atoms with van der Waals surface area (Å²) in [5.41, 5.74) is 3.31. The number of benzene rings is 2. The summed E-state index contributed by atoms with van der Waals surface area (Å²) in [5.74, 6) is 1.56. The van der Waals surface area contributed by atoms with Crippen molar-refractivity contribution in [1.29, 1.82) is 0 Å². The van der Waals surface area contributed by atoms with Crippen LogP contribution in [0, 0.1) is 0 Å². The summed E-state index contributed by atoms with van der Waals surface area (Å²) in [6.45, 7) is 2.54. The first-order valence-electron chi connectivity index (χ1n) is 6.60. The van der Waals surface area contributed by atoms with Crippen LogP contribution >= 0.6 is 11.6 Å². The molecular formula is C16H15ClN2O. The second kappa shape index (κ2) is 5.55. The minimum atomic E-state index is 0.399. The van der Waals surface area contributed by atoms with Crippen LogP contribution < -0.4 is 4.74 Å². The number of imidazole rings is 1. The summed E-state index contributed by atoms with van der Waals surface area (Å²) >= 11 is 5.92. The quantitative estimate of drug-likeness (QED) is 0.774. The molecule has 0 fully saturated rings. The molecule has 1 aromatic heterocycles. The van der Waals surface area contributed by atoms with E-state index in [1.54, 1.807) is 6.07 Å². The SMILES string of the molecule is CCc1ccc2nc(COc3cccc(Cl)c3)[nH]c2c1. The molecule has 3 nitrogen and oxygen atoms in total. The fraction of sp³-hybridized carbons (Fsp3) is 0.188. The Balaban J connectivity index is 1.77. The molecule has 102 valence electrons. The normalized spacial score (nSPS) is 10.9. The predicted octanol–water partition coefficient (Wildman–Crippen LogP) is 4.36. The standard InChI is InChI=1S/C16H15ClN2O/c1-2-11-6-7-14-15(8-11)19-16(18-14)10-20-13-5-3-4-12(17)9-13/h3-9H,2,10H2,1H3,(H,18,19). The largest absolute Gasteiger partial charge is 0.486 e. The highest BCUT2D eigenvalue weighted by Gasteiger charge is 2.04. The van der Waals surface area contributed by atoms with Crippen LogP contribution in [0.2, 0.25) is 5.02 Å². The number of halogens is 1. The number of nitrogens with zero attached hydrogens (tertiary/aromatic N) is 1. The molecule has 0 radical (unpaired) electrons. The second-order valence-electron chi connectivity index (χ2n) is 4.63. The van der Waals surface area contributed by atoms with Gasteiger partial charge in [0.15, 0.2) is 0 Å². The highest BCUT2D eigenvalue weighted by atomic mass is 35.5. The number of rotatable bonds is 4. The molecule has 0 saturated heterocycles. The molecule has 1 heterocycles. The van der Waals surface area contributed by atoms with Gasteiger partial charge in [-0.15, -0.1) is 0 Å². The molecule has 0 aliphatic carbocycles. The number of hydrogen-bond donors (Lipinski definition) is 1. The number of ether oxygens (including phenoxy) is 1. The van der Waals surface area contributed by atoms with Gasteiger partial charge in [0.05, 0.1) is 11.0 Å². The molecule has 0 saturated carbocycles. The number of aromatic amines is 1. The van der Waals surface area contributed by atoms with Crippen molar-refractivity contribution in [1.82, 2.24) is 9.97 Å². The average Bonchev–Trinajstić information content (AvgIpc) is 2.87. The molecule has 20 heavy (non-hydrogen) atoms. The van der Waals surface area contributed by atoms with E-state index in [0.717, 1.165) is 29.0 Å². The van der Waals surface area contributed by atoms with Crippen LogP contribution in [0.3, 0.4) is 0 Å². The van der Waals surface area contributed by atoms with Crippen molar-refractivity contribution in [2.75, 3.05) is 0 Å². The molecule has 0 aliphatic heterocycles. The minimum absolute atomic E-state index is 0.399. The monoisotopic (exact) mass is 286 g/mol. The Morgan fingerprint density at radius 1 is 1.20 bits per heavy atom. The van der Waals surface area contributed by atoms with E-state index in [1.165, 1.54) is 5.56 Å². The van der Waals surface area contributed by atoms with Gasteiger partial charge in [0.2, 0.25) is 0 Å². The van der Waals surface area contributed by atoms with Crippen molar-refractivity contribution in [3.05, 3.63) is 58.9 Å². The first-order valence-corrected chi connectivity index (χ1v) is 6.98. The minimum Gasteiger partial charge on any atom is -0.486 e.